The zero-order valence-corrected chi connectivity index (χ0v) is 14.0. The highest BCUT2D eigenvalue weighted by molar-refractivity contribution is 9.10. The van der Waals surface area contributed by atoms with Crippen LogP contribution in [0.15, 0.2) is 63.0 Å². The molecule has 0 bridgehead atoms. The normalized spacial score (nSPS) is 10.8. The predicted molar refractivity (Wildman–Crippen MR) is 90.5 cm³/mol. The smallest absolute Gasteiger partial charge is 0.266 e. The van der Waals surface area contributed by atoms with E-state index in [1.54, 1.807) is 12.1 Å². The average molecular weight is 406 g/mol. The zero-order chi connectivity index (χ0) is 15.2. The summed E-state index contributed by atoms with van der Waals surface area (Å²) >= 11 is 6.69. The summed E-state index contributed by atoms with van der Waals surface area (Å²) in [6.07, 6.45) is 1.55. The molecule has 2 aromatic rings. The molecule has 1 N–H and O–H groups in total. The van der Waals surface area contributed by atoms with Gasteiger partial charge in [-0.25, -0.2) is 0 Å². The molecule has 3 nitrogen and oxygen atoms in total. The van der Waals surface area contributed by atoms with Crippen molar-refractivity contribution in [2.45, 2.75) is 0 Å². The molecule has 104 valence electrons. The molecule has 0 aliphatic carbocycles. The molecular formula is C16H10Br2N2O. The fourth-order valence-electron chi connectivity index (χ4n) is 1.63. The predicted octanol–water partition coefficient (Wildman–Crippen LogP) is 4.76. The number of carbonyl (C=O) groups excluding carboxylic acids is 1. The molecule has 0 radical (unpaired) electrons. The fourth-order valence-corrected chi connectivity index (χ4v) is 2.27. The topological polar surface area (TPSA) is 52.9 Å². The second kappa shape index (κ2) is 7.21. The largest absolute Gasteiger partial charge is 0.320 e. The van der Waals surface area contributed by atoms with Crippen LogP contribution >= 0.6 is 31.9 Å². The third-order valence-electron chi connectivity index (χ3n) is 2.67. The van der Waals surface area contributed by atoms with Crippen molar-refractivity contribution in [1.29, 1.82) is 5.26 Å². The first kappa shape index (κ1) is 15.5. The van der Waals surface area contributed by atoms with Crippen molar-refractivity contribution in [3.63, 3.8) is 0 Å². The summed E-state index contributed by atoms with van der Waals surface area (Å²) in [7, 11) is 0. The molecule has 0 atom stereocenters. The number of nitrogens with zero attached hydrogens (tertiary/aromatic N) is 1. The second-order valence-corrected chi connectivity index (χ2v) is 5.93. The lowest BCUT2D eigenvalue weighted by Gasteiger charge is -2.06. The monoisotopic (exact) mass is 404 g/mol. The number of nitrogens with one attached hydrogen (secondary N) is 1. The molecule has 0 aliphatic heterocycles. The van der Waals surface area contributed by atoms with Crippen LogP contribution in [0.2, 0.25) is 0 Å². The fraction of sp³-hybridized carbons (Fsp3) is 0. The first-order chi connectivity index (χ1) is 10.1. The van der Waals surface area contributed by atoms with Gasteiger partial charge in [0.2, 0.25) is 0 Å². The van der Waals surface area contributed by atoms with E-state index in [0.29, 0.717) is 5.69 Å². The highest BCUT2D eigenvalue weighted by Gasteiger charge is 2.10. The van der Waals surface area contributed by atoms with Crippen LogP contribution in [0.3, 0.4) is 0 Å². The molecule has 21 heavy (non-hydrogen) atoms. The Kier molecular flexibility index (Phi) is 5.32. The van der Waals surface area contributed by atoms with Crippen LogP contribution in [0, 0.1) is 11.3 Å². The number of amides is 1. The van der Waals surface area contributed by atoms with E-state index in [0.717, 1.165) is 14.5 Å². The van der Waals surface area contributed by atoms with E-state index in [1.807, 2.05) is 48.5 Å². The summed E-state index contributed by atoms with van der Waals surface area (Å²) in [5.74, 6) is -0.438. The summed E-state index contributed by atoms with van der Waals surface area (Å²) in [6, 6.07) is 16.5. The van der Waals surface area contributed by atoms with Crippen molar-refractivity contribution < 1.29 is 4.79 Å². The average Bonchev–Trinajstić information content (AvgIpc) is 2.49. The lowest BCUT2D eigenvalue weighted by atomic mass is 10.1. The molecule has 0 saturated heterocycles. The first-order valence-electron chi connectivity index (χ1n) is 6.03. The van der Waals surface area contributed by atoms with Gasteiger partial charge in [0.15, 0.2) is 0 Å². The summed E-state index contributed by atoms with van der Waals surface area (Å²) in [5, 5.41) is 11.9. The maximum absolute atomic E-state index is 12.1. The zero-order valence-electron chi connectivity index (χ0n) is 10.8. The number of carbonyl (C=O) groups is 1. The minimum atomic E-state index is -0.438. The van der Waals surface area contributed by atoms with Gasteiger partial charge in [-0.2, -0.15) is 5.26 Å². The first-order valence-corrected chi connectivity index (χ1v) is 7.62. The van der Waals surface area contributed by atoms with E-state index >= 15 is 0 Å². The molecule has 2 rings (SSSR count). The summed E-state index contributed by atoms with van der Waals surface area (Å²) in [6.45, 7) is 0. The molecule has 0 heterocycles. The van der Waals surface area contributed by atoms with Gasteiger partial charge in [0.1, 0.15) is 11.6 Å². The van der Waals surface area contributed by atoms with Gasteiger partial charge >= 0.3 is 0 Å². The number of hydrogen-bond acceptors (Lipinski definition) is 2. The van der Waals surface area contributed by atoms with Crippen LogP contribution in [-0.2, 0) is 4.79 Å². The number of benzene rings is 2. The molecule has 5 heteroatoms. The van der Waals surface area contributed by atoms with Crippen LogP contribution in [-0.4, -0.2) is 5.91 Å². The minimum absolute atomic E-state index is 0.0491. The Balaban J connectivity index is 2.21. The summed E-state index contributed by atoms with van der Waals surface area (Å²) < 4.78 is 1.70. The van der Waals surface area contributed by atoms with E-state index in [4.69, 9.17) is 5.26 Å². The number of hydrogen-bond donors (Lipinski definition) is 1. The molecule has 0 fully saturated rings. The SMILES string of the molecule is N#C/C(=C/c1ccc(Br)cc1)C(=O)Nc1ccccc1Br. The lowest BCUT2D eigenvalue weighted by molar-refractivity contribution is -0.112. The van der Waals surface area contributed by atoms with Crippen molar-refractivity contribution in [3.8, 4) is 6.07 Å². The van der Waals surface area contributed by atoms with Gasteiger partial charge in [-0.1, -0.05) is 40.2 Å². The van der Waals surface area contributed by atoms with Crippen LogP contribution in [0.25, 0.3) is 6.08 Å². The van der Waals surface area contributed by atoms with E-state index in [2.05, 4.69) is 37.2 Å². The number of para-hydroxylation sites is 1. The van der Waals surface area contributed by atoms with E-state index in [9.17, 15) is 4.79 Å². The molecule has 0 spiro atoms. The standard InChI is InChI=1S/C16H10Br2N2O/c17-13-7-5-11(6-8-13)9-12(10-19)16(21)20-15-4-2-1-3-14(15)18/h1-9H,(H,20,21)/b12-9-. The molecule has 0 aromatic heterocycles. The molecule has 0 saturated carbocycles. The van der Waals surface area contributed by atoms with Crippen molar-refractivity contribution in [1.82, 2.24) is 0 Å². The Morgan fingerprint density at radius 1 is 1.10 bits per heavy atom. The third kappa shape index (κ3) is 4.28. The Hall–Kier alpha value is -1.90. The molecule has 2 aromatic carbocycles. The quantitative estimate of drug-likeness (QED) is 0.591. The molecule has 0 aliphatic rings. The molecular weight excluding hydrogens is 396 g/mol. The van der Waals surface area contributed by atoms with Crippen molar-refractivity contribution in [3.05, 3.63) is 68.6 Å². The summed E-state index contributed by atoms with van der Waals surface area (Å²) in [4.78, 5) is 12.1. The number of anilines is 1. The third-order valence-corrected chi connectivity index (χ3v) is 3.89. The van der Waals surface area contributed by atoms with Crippen molar-refractivity contribution >= 4 is 49.5 Å². The molecule has 1 amide bonds. The van der Waals surface area contributed by atoms with Gasteiger partial charge in [-0.15, -0.1) is 0 Å². The lowest BCUT2D eigenvalue weighted by Crippen LogP contribution is -2.13. The minimum Gasteiger partial charge on any atom is -0.320 e. The van der Waals surface area contributed by atoms with E-state index in [1.165, 1.54) is 0 Å². The van der Waals surface area contributed by atoms with Crippen LogP contribution in [0.4, 0.5) is 5.69 Å². The Morgan fingerprint density at radius 2 is 1.76 bits per heavy atom. The Bertz CT molecular complexity index is 731. The maximum atomic E-state index is 12.1. The highest BCUT2D eigenvalue weighted by atomic mass is 79.9. The van der Waals surface area contributed by atoms with E-state index < -0.39 is 5.91 Å². The van der Waals surface area contributed by atoms with Gasteiger partial charge in [-0.05, 0) is 51.8 Å². The maximum Gasteiger partial charge on any atom is 0.266 e. The van der Waals surface area contributed by atoms with Crippen LogP contribution in [0.1, 0.15) is 5.56 Å². The van der Waals surface area contributed by atoms with Crippen LogP contribution in [0.5, 0.6) is 0 Å². The number of rotatable bonds is 3. The van der Waals surface area contributed by atoms with Gasteiger partial charge in [-0.3, -0.25) is 4.79 Å². The van der Waals surface area contributed by atoms with E-state index in [-0.39, 0.29) is 5.57 Å². The Morgan fingerprint density at radius 3 is 2.38 bits per heavy atom. The number of nitriles is 1. The number of halogens is 2. The van der Waals surface area contributed by atoms with Crippen molar-refractivity contribution in [2.24, 2.45) is 0 Å². The van der Waals surface area contributed by atoms with Gasteiger partial charge < -0.3 is 5.32 Å². The van der Waals surface area contributed by atoms with Gasteiger partial charge in [0.05, 0.1) is 5.69 Å². The highest BCUT2D eigenvalue weighted by Crippen LogP contribution is 2.22. The van der Waals surface area contributed by atoms with Gasteiger partial charge in [0.25, 0.3) is 5.91 Å². The van der Waals surface area contributed by atoms with Gasteiger partial charge in [0, 0.05) is 8.95 Å². The molecule has 0 unspecified atom stereocenters. The van der Waals surface area contributed by atoms with Crippen LogP contribution < -0.4 is 5.32 Å². The second-order valence-electron chi connectivity index (χ2n) is 4.16. The Labute approximate surface area is 139 Å². The van der Waals surface area contributed by atoms with Crippen molar-refractivity contribution in [2.75, 3.05) is 5.32 Å². The summed E-state index contributed by atoms with van der Waals surface area (Å²) in [5.41, 5.74) is 1.46.